The van der Waals surface area contributed by atoms with Gasteiger partial charge >= 0.3 is 0 Å². The van der Waals surface area contributed by atoms with Gasteiger partial charge in [0, 0.05) is 17.9 Å². The van der Waals surface area contributed by atoms with Crippen LogP contribution in [0, 0.1) is 20.8 Å². The Hall–Kier alpha value is -2.47. The van der Waals surface area contributed by atoms with Crippen molar-refractivity contribution in [3.05, 3.63) is 41.5 Å². The number of aromatic nitrogens is 4. The van der Waals surface area contributed by atoms with Gasteiger partial charge in [-0.05, 0) is 65.5 Å². The lowest BCUT2D eigenvalue weighted by atomic mass is 10.2. The van der Waals surface area contributed by atoms with Crippen molar-refractivity contribution >= 4 is 16.9 Å². The molecule has 0 saturated heterocycles. The van der Waals surface area contributed by atoms with E-state index in [0.29, 0.717) is 0 Å². The first kappa shape index (κ1) is 17.4. The normalized spacial score (nSPS) is 11.4. The quantitative estimate of drug-likeness (QED) is 0.700. The average molecular weight is 338 g/mol. The topological polar surface area (TPSA) is 58.9 Å². The van der Waals surface area contributed by atoms with Gasteiger partial charge in [0.05, 0.1) is 5.39 Å². The Morgan fingerprint density at radius 3 is 2.64 bits per heavy atom. The second-order valence-electron chi connectivity index (χ2n) is 6.69. The summed E-state index contributed by atoms with van der Waals surface area (Å²) in [7, 11) is 4.18. The Kier molecular flexibility index (Phi) is 4.99. The molecule has 6 heteroatoms. The van der Waals surface area contributed by atoms with E-state index < -0.39 is 0 Å². The third kappa shape index (κ3) is 3.49. The molecule has 0 aliphatic carbocycles. The number of pyridine rings is 1. The molecule has 0 radical (unpaired) electrons. The summed E-state index contributed by atoms with van der Waals surface area (Å²) < 4.78 is 2.12. The fourth-order valence-electron chi connectivity index (χ4n) is 3.07. The SMILES string of the molecule is Cc1cccc(-n2c(C)c(C)c3c(NCCCN(C)C)ncnc32)n1. The molecule has 0 spiro atoms. The highest BCUT2D eigenvalue weighted by Crippen LogP contribution is 2.30. The maximum absolute atomic E-state index is 4.67. The maximum Gasteiger partial charge on any atom is 0.151 e. The predicted molar refractivity (Wildman–Crippen MR) is 103 cm³/mol. The molecule has 3 aromatic rings. The van der Waals surface area contributed by atoms with Gasteiger partial charge in [-0.2, -0.15) is 0 Å². The summed E-state index contributed by atoms with van der Waals surface area (Å²) in [5.41, 5.74) is 4.23. The van der Waals surface area contributed by atoms with Crippen LogP contribution in [0.1, 0.15) is 23.4 Å². The van der Waals surface area contributed by atoms with Gasteiger partial charge in [-0.25, -0.2) is 15.0 Å². The van der Waals surface area contributed by atoms with Gasteiger partial charge in [0.1, 0.15) is 18.0 Å². The number of anilines is 1. The lowest BCUT2D eigenvalue weighted by molar-refractivity contribution is 0.405. The summed E-state index contributed by atoms with van der Waals surface area (Å²) in [6.45, 7) is 8.17. The summed E-state index contributed by atoms with van der Waals surface area (Å²) in [5.74, 6) is 1.80. The monoisotopic (exact) mass is 338 g/mol. The Bertz CT molecular complexity index is 881. The van der Waals surface area contributed by atoms with Gasteiger partial charge in [0.25, 0.3) is 0 Å². The minimum atomic E-state index is 0.886. The molecule has 0 bridgehead atoms. The Labute approximate surface area is 148 Å². The first-order valence-corrected chi connectivity index (χ1v) is 8.64. The summed E-state index contributed by atoms with van der Waals surface area (Å²) in [6.07, 6.45) is 2.69. The van der Waals surface area contributed by atoms with Crippen LogP contribution >= 0.6 is 0 Å². The smallest absolute Gasteiger partial charge is 0.151 e. The minimum Gasteiger partial charge on any atom is -0.369 e. The van der Waals surface area contributed by atoms with Crippen LogP contribution < -0.4 is 5.32 Å². The lowest BCUT2D eigenvalue weighted by Crippen LogP contribution is -2.16. The summed E-state index contributed by atoms with van der Waals surface area (Å²) in [5, 5.41) is 4.55. The molecule has 25 heavy (non-hydrogen) atoms. The molecular formula is C19H26N6. The first-order chi connectivity index (χ1) is 12.0. The number of rotatable bonds is 6. The maximum atomic E-state index is 4.67. The molecule has 0 amide bonds. The molecule has 0 saturated carbocycles. The highest BCUT2D eigenvalue weighted by Gasteiger charge is 2.18. The minimum absolute atomic E-state index is 0.886. The van der Waals surface area contributed by atoms with E-state index in [0.717, 1.165) is 53.6 Å². The van der Waals surface area contributed by atoms with Crippen molar-refractivity contribution in [3.8, 4) is 5.82 Å². The standard InChI is InChI=1S/C19H26N6/c1-13-8-6-9-16(23-13)25-15(3)14(2)17-18(21-12-22-19(17)25)20-10-7-11-24(4)5/h6,8-9,12H,7,10-11H2,1-5H3,(H,20,21,22). The summed E-state index contributed by atoms with van der Waals surface area (Å²) in [6, 6.07) is 6.05. The molecule has 0 aliphatic heterocycles. The van der Waals surface area contributed by atoms with Crippen LogP contribution in [0.5, 0.6) is 0 Å². The third-order valence-electron chi connectivity index (χ3n) is 4.47. The van der Waals surface area contributed by atoms with Gasteiger partial charge in [-0.3, -0.25) is 4.57 Å². The number of hydrogen-bond donors (Lipinski definition) is 1. The third-order valence-corrected chi connectivity index (χ3v) is 4.47. The Morgan fingerprint density at radius 1 is 1.12 bits per heavy atom. The van der Waals surface area contributed by atoms with Crippen LogP contribution in [-0.4, -0.2) is 51.6 Å². The van der Waals surface area contributed by atoms with Crippen LogP contribution in [0.4, 0.5) is 5.82 Å². The molecule has 0 aliphatic rings. The van der Waals surface area contributed by atoms with Gasteiger partial charge in [0.15, 0.2) is 5.65 Å². The van der Waals surface area contributed by atoms with Gasteiger partial charge in [-0.1, -0.05) is 6.07 Å². The van der Waals surface area contributed by atoms with Crippen molar-refractivity contribution in [3.63, 3.8) is 0 Å². The van der Waals surface area contributed by atoms with Gasteiger partial charge in [0.2, 0.25) is 0 Å². The highest BCUT2D eigenvalue weighted by atomic mass is 15.1. The Morgan fingerprint density at radius 2 is 1.92 bits per heavy atom. The van der Waals surface area contributed by atoms with Crippen LogP contribution in [0.3, 0.4) is 0 Å². The van der Waals surface area contributed by atoms with Crippen LogP contribution in [-0.2, 0) is 0 Å². The number of fused-ring (bicyclic) bond motifs is 1. The lowest BCUT2D eigenvalue weighted by Gasteiger charge is -2.11. The highest BCUT2D eigenvalue weighted by molar-refractivity contribution is 5.92. The van der Waals surface area contributed by atoms with E-state index in [1.54, 1.807) is 6.33 Å². The molecule has 132 valence electrons. The molecule has 0 unspecified atom stereocenters. The van der Waals surface area contributed by atoms with E-state index in [1.807, 2.05) is 25.1 Å². The number of nitrogens with one attached hydrogen (secondary N) is 1. The molecule has 3 rings (SSSR count). The zero-order valence-electron chi connectivity index (χ0n) is 15.7. The molecule has 0 aromatic carbocycles. The molecule has 0 fully saturated rings. The van der Waals surface area contributed by atoms with Crippen molar-refractivity contribution in [1.82, 2.24) is 24.4 Å². The second kappa shape index (κ2) is 7.19. The predicted octanol–water partition coefficient (Wildman–Crippen LogP) is 3.10. The van der Waals surface area contributed by atoms with Gasteiger partial charge in [-0.15, -0.1) is 0 Å². The number of hydrogen-bond acceptors (Lipinski definition) is 5. The zero-order chi connectivity index (χ0) is 18.0. The van der Waals surface area contributed by atoms with E-state index in [9.17, 15) is 0 Å². The van der Waals surface area contributed by atoms with Crippen molar-refractivity contribution in [2.45, 2.75) is 27.2 Å². The number of aryl methyl sites for hydroxylation is 2. The van der Waals surface area contributed by atoms with E-state index in [1.165, 1.54) is 5.56 Å². The molecule has 3 heterocycles. The molecule has 0 atom stereocenters. The molecule has 1 N–H and O–H groups in total. The van der Waals surface area contributed by atoms with E-state index in [4.69, 9.17) is 0 Å². The summed E-state index contributed by atoms with van der Waals surface area (Å²) >= 11 is 0. The van der Waals surface area contributed by atoms with E-state index in [2.05, 4.69) is 57.7 Å². The fraction of sp³-hybridized carbons (Fsp3) is 0.421. The van der Waals surface area contributed by atoms with Crippen molar-refractivity contribution in [2.24, 2.45) is 0 Å². The van der Waals surface area contributed by atoms with Crippen LogP contribution in [0.15, 0.2) is 24.5 Å². The summed E-state index contributed by atoms with van der Waals surface area (Å²) in [4.78, 5) is 15.9. The van der Waals surface area contributed by atoms with E-state index in [-0.39, 0.29) is 0 Å². The van der Waals surface area contributed by atoms with Gasteiger partial charge < -0.3 is 10.2 Å². The second-order valence-corrected chi connectivity index (χ2v) is 6.69. The fourth-order valence-corrected chi connectivity index (χ4v) is 3.07. The average Bonchev–Trinajstić information content (AvgIpc) is 2.83. The first-order valence-electron chi connectivity index (χ1n) is 8.64. The number of nitrogens with zero attached hydrogens (tertiary/aromatic N) is 5. The zero-order valence-corrected chi connectivity index (χ0v) is 15.7. The van der Waals surface area contributed by atoms with E-state index >= 15 is 0 Å². The Balaban J connectivity index is 2.01. The van der Waals surface area contributed by atoms with Crippen molar-refractivity contribution in [1.29, 1.82) is 0 Å². The molecule has 3 aromatic heterocycles. The van der Waals surface area contributed by atoms with Crippen LogP contribution in [0.2, 0.25) is 0 Å². The largest absolute Gasteiger partial charge is 0.369 e. The van der Waals surface area contributed by atoms with Crippen molar-refractivity contribution in [2.75, 3.05) is 32.5 Å². The molecular weight excluding hydrogens is 312 g/mol. The van der Waals surface area contributed by atoms with Crippen LogP contribution in [0.25, 0.3) is 16.9 Å². The van der Waals surface area contributed by atoms with Crippen molar-refractivity contribution < 1.29 is 0 Å². The molecule has 6 nitrogen and oxygen atoms in total.